The first-order valence-corrected chi connectivity index (χ1v) is 9.65. The molecule has 2 aliphatic rings. The van der Waals surface area contributed by atoms with Gasteiger partial charge in [0.1, 0.15) is 0 Å². The molecule has 2 aliphatic heterocycles. The van der Waals surface area contributed by atoms with Gasteiger partial charge in [0, 0.05) is 6.54 Å². The Balaban J connectivity index is 1.63. The molecule has 4 rings (SSSR count). The van der Waals surface area contributed by atoms with E-state index in [1.54, 1.807) is 30.3 Å². The number of hydrogen-bond donors (Lipinski definition) is 2. The molecule has 2 aromatic carbocycles. The van der Waals surface area contributed by atoms with Gasteiger partial charge in [-0.15, -0.1) is 4.31 Å². The second-order valence-corrected chi connectivity index (χ2v) is 8.52. The van der Waals surface area contributed by atoms with Crippen molar-refractivity contribution in [2.75, 3.05) is 23.7 Å². The number of anilines is 2. The maximum atomic E-state index is 12.9. The van der Waals surface area contributed by atoms with Gasteiger partial charge in [0.15, 0.2) is 15.3 Å². The number of nitrogens with zero attached hydrogens (tertiary/aromatic N) is 1. The lowest BCUT2D eigenvalue weighted by Gasteiger charge is -2.30. The van der Waals surface area contributed by atoms with Crippen LogP contribution in [0.3, 0.4) is 0 Å². The minimum atomic E-state index is -3.56. The number of carbonyl (C=O) groups is 1. The van der Waals surface area contributed by atoms with E-state index in [9.17, 15) is 13.6 Å². The van der Waals surface area contributed by atoms with E-state index >= 15 is 0 Å². The molecule has 7 heteroatoms. The van der Waals surface area contributed by atoms with Crippen LogP contribution in [0.2, 0.25) is 0 Å². The predicted octanol–water partition coefficient (Wildman–Crippen LogP) is 2.49. The third-order valence-corrected chi connectivity index (χ3v) is 6.66. The number of amides is 1. The van der Waals surface area contributed by atoms with Crippen LogP contribution in [0, 0.1) is 0 Å². The van der Waals surface area contributed by atoms with Crippen molar-refractivity contribution in [2.45, 2.75) is 23.3 Å². The maximum Gasteiger partial charge on any atom is 0.226 e. The normalized spacial score (nSPS) is 25.6. The van der Waals surface area contributed by atoms with E-state index in [-0.39, 0.29) is 23.8 Å². The number of benzene rings is 2. The lowest BCUT2D eigenvalue weighted by Crippen LogP contribution is -2.45. The zero-order valence-corrected chi connectivity index (χ0v) is 14.4. The Bertz CT molecular complexity index is 858. The van der Waals surface area contributed by atoms with Crippen LogP contribution >= 0.6 is 0 Å². The molecule has 2 aromatic rings. The fourth-order valence-electron chi connectivity index (χ4n) is 3.56. The van der Waals surface area contributed by atoms with E-state index < -0.39 is 15.9 Å². The second-order valence-electron chi connectivity index (χ2n) is 6.58. The zero-order chi connectivity index (χ0) is 17.5. The summed E-state index contributed by atoms with van der Waals surface area (Å²) in [7, 11) is -3.56. The van der Waals surface area contributed by atoms with Crippen LogP contribution in [0.15, 0.2) is 59.5 Å². The van der Waals surface area contributed by atoms with Gasteiger partial charge in [-0.3, -0.25) is 4.79 Å². The molecular formula is C18H19N3O3S. The molecule has 25 heavy (non-hydrogen) atoms. The van der Waals surface area contributed by atoms with Gasteiger partial charge in [-0.05, 0) is 30.7 Å². The average molecular weight is 357 g/mol. The molecule has 1 saturated heterocycles. The highest BCUT2D eigenvalue weighted by molar-refractivity contribution is 7.95. The van der Waals surface area contributed by atoms with Crippen LogP contribution in [0.25, 0.3) is 0 Å². The summed E-state index contributed by atoms with van der Waals surface area (Å²) in [6, 6.07) is 15.9. The lowest BCUT2D eigenvalue weighted by atomic mass is 9.94. The molecule has 2 heterocycles. The van der Waals surface area contributed by atoms with E-state index in [4.69, 9.17) is 0 Å². The summed E-state index contributed by atoms with van der Waals surface area (Å²) < 4.78 is 27.2. The molecule has 6 nitrogen and oxygen atoms in total. The second kappa shape index (κ2) is 5.94. The first-order valence-electron chi connectivity index (χ1n) is 8.21. The minimum absolute atomic E-state index is 0.101. The maximum absolute atomic E-state index is 12.9. The van der Waals surface area contributed by atoms with Gasteiger partial charge in [-0.1, -0.05) is 34.5 Å². The standard InChI is InChI=1S/C18H19N3O3S/c22-17-12-18(20-16-9-5-4-8-15(16)19-17)10-11-21(13-18)25(23,24)14-6-2-1-3-7-14/h1-9,20H,10-13H2,(H-,19,22,23,24). The number of hydrogen-bond acceptors (Lipinski definition) is 4. The number of carbonyl (C=O) groups excluding carboxylic acids is 1. The van der Waals surface area contributed by atoms with Crippen molar-refractivity contribution < 1.29 is 13.6 Å². The molecule has 0 aliphatic carbocycles. The minimum Gasteiger partial charge on any atom is -0.593 e. The van der Waals surface area contributed by atoms with Gasteiger partial charge in [-0.2, -0.15) is 0 Å². The van der Waals surface area contributed by atoms with Crippen molar-refractivity contribution in [1.82, 2.24) is 4.31 Å². The molecule has 2 N–H and O–H groups in total. The largest absolute Gasteiger partial charge is 0.593 e. The van der Waals surface area contributed by atoms with Crippen molar-refractivity contribution in [2.24, 2.45) is 0 Å². The summed E-state index contributed by atoms with van der Waals surface area (Å²) in [4.78, 5) is 12.6. The van der Waals surface area contributed by atoms with Gasteiger partial charge in [-0.25, -0.2) is 0 Å². The first kappa shape index (κ1) is 16.3. The summed E-state index contributed by atoms with van der Waals surface area (Å²) in [5.41, 5.74) is 0.972. The van der Waals surface area contributed by atoms with Crippen LogP contribution in [0.4, 0.5) is 11.4 Å². The van der Waals surface area contributed by atoms with E-state index in [0.29, 0.717) is 13.0 Å². The molecule has 1 fully saturated rings. The molecule has 0 bridgehead atoms. The van der Waals surface area contributed by atoms with Crippen molar-refractivity contribution in [3.8, 4) is 0 Å². The van der Waals surface area contributed by atoms with Gasteiger partial charge in [0.25, 0.3) is 0 Å². The molecule has 1 amide bonds. The third-order valence-electron chi connectivity index (χ3n) is 4.80. The molecule has 0 aromatic heterocycles. The Labute approximate surface area is 147 Å². The van der Waals surface area contributed by atoms with Crippen LogP contribution in [-0.4, -0.2) is 33.4 Å². The highest BCUT2D eigenvalue weighted by Gasteiger charge is 2.48. The summed E-state index contributed by atoms with van der Waals surface area (Å²) in [6.07, 6.45) is 0.823. The van der Waals surface area contributed by atoms with Crippen LogP contribution in [-0.2, 0) is 19.4 Å². The predicted molar refractivity (Wildman–Crippen MR) is 95.8 cm³/mol. The van der Waals surface area contributed by atoms with Crippen molar-refractivity contribution in [3.63, 3.8) is 0 Å². The molecular weight excluding hydrogens is 338 g/mol. The molecule has 130 valence electrons. The number of para-hydroxylation sites is 2. The highest BCUT2D eigenvalue weighted by atomic mass is 32.3. The fourth-order valence-corrected chi connectivity index (χ4v) is 5.11. The van der Waals surface area contributed by atoms with Crippen LogP contribution in [0.1, 0.15) is 12.8 Å². The van der Waals surface area contributed by atoms with Crippen molar-refractivity contribution in [1.29, 1.82) is 0 Å². The molecule has 2 atom stereocenters. The average Bonchev–Trinajstić information content (AvgIpc) is 2.95. The smallest absolute Gasteiger partial charge is 0.226 e. The Morgan fingerprint density at radius 2 is 1.72 bits per heavy atom. The molecule has 2 unspecified atom stereocenters. The number of nitrogens with one attached hydrogen (secondary N) is 2. The molecule has 0 radical (unpaired) electrons. The number of fused-ring (bicyclic) bond motifs is 1. The lowest BCUT2D eigenvalue weighted by molar-refractivity contribution is -0.117. The summed E-state index contributed by atoms with van der Waals surface area (Å²) in [6.45, 7) is 0.658. The Morgan fingerprint density at radius 1 is 1.04 bits per heavy atom. The summed E-state index contributed by atoms with van der Waals surface area (Å²) in [5.74, 6) is -0.101. The van der Waals surface area contributed by atoms with Crippen molar-refractivity contribution in [3.05, 3.63) is 54.6 Å². The number of rotatable bonds is 2. The van der Waals surface area contributed by atoms with Gasteiger partial charge in [0.05, 0.1) is 29.9 Å². The van der Waals surface area contributed by atoms with Gasteiger partial charge < -0.3 is 15.2 Å². The van der Waals surface area contributed by atoms with Gasteiger partial charge in [0.2, 0.25) is 5.91 Å². The fraction of sp³-hybridized carbons (Fsp3) is 0.278. The van der Waals surface area contributed by atoms with E-state index in [1.165, 1.54) is 4.31 Å². The SMILES string of the molecule is O=C1CC2(CCN([S+](=O)([O-])c3ccccc3)C2)Nc2ccccc2N1. The topological polar surface area (TPSA) is 84.5 Å². The molecule has 0 saturated carbocycles. The summed E-state index contributed by atoms with van der Waals surface area (Å²) in [5, 5.41) is 6.32. The van der Waals surface area contributed by atoms with E-state index in [1.807, 2.05) is 24.3 Å². The Morgan fingerprint density at radius 3 is 2.48 bits per heavy atom. The Hall–Kier alpha value is -2.22. The molecule has 1 spiro atoms. The third kappa shape index (κ3) is 2.95. The number of sulfonamides is 1. The van der Waals surface area contributed by atoms with Gasteiger partial charge >= 0.3 is 0 Å². The van der Waals surface area contributed by atoms with E-state index in [2.05, 4.69) is 10.6 Å². The monoisotopic (exact) mass is 357 g/mol. The first-order chi connectivity index (χ1) is 12.0. The van der Waals surface area contributed by atoms with E-state index in [0.717, 1.165) is 11.4 Å². The van der Waals surface area contributed by atoms with Crippen molar-refractivity contribution >= 4 is 27.7 Å². The van der Waals surface area contributed by atoms with Crippen LogP contribution in [0.5, 0.6) is 0 Å². The zero-order valence-electron chi connectivity index (χ0n) is 13.6. The van der Waals surface area contributed by atoms with Crippen LogP contribution < -0.4 is 10.6 Å². The Kier molecular flexibility index (Phi) is 3.87. The highest BCUT2D eigenvalue weighted by Crippen LogP contribution is 2.38. The summed E-state index contributed by atoms with van der Waals surface area (Å²) >= 11 is 0. The quantitative estimate of drug-likeness (QED) is 0.809.